The first-order chi connectivity index (χ1) is 11.8. The smallest absolute Gasteiger partial charge is 0.191 e. The Morgan fingerprint density at radius 3 is 3.29 bits per heavy atom. The maximum Gasteiger partial charge on any atom is 0.191 e. The molecule has 0 radical (unpaired) electrons. The minimum Gasteiger partial charge on any atom is -0.357 e. The van der Waals surface area contributed by atoms with Gasteiger partial charge in [-0.2, -0.15) is 5.10 Å². The van der Waals surface area contributed by atoms with Crippen molar-refractivity contribution in [1.29, 1.82) is 0 Å². The van der Waals surface area contributed by atoms with Crippen LogP contribution in [-0.4, -0.2) is 50.6 Å². The van der Waals surface area contributed by atoms with Crippen molar-refractivity contribution in [3.05, 3.63) is 23.7 Å². The van der Waals surface area contributed by atoms with Gasteiger partial charge in [-0.15, -0.1) is 11.3 Å². The van der Waals surface area contributed by atoms with E-state index in [1.807, 2.05) is 16.3 Å². The average Bonchev–Trinajstić information content (AvgIpc) is 3.25. The highest BCUT2D eigenvalue weighted by molar-refractivity contribution is 8.00. The van der Waals surface area contributed by atoms with Crippen LogP contribution in [0.15, 0.2) is 27.2 Å². The number of nitrogens with one attached hydrogen (secondary N) is 2. The van der Waals surface area contributed by atoms with Crippen LogP contribution in [0.5, 0.6) is 0 Å². The summed E-state index contributed by atoms with van der Waals surface area (Å²) in [6.07, 6.45) is 6.55. The molecule has 3 heterocycles. The lowest BCUT2D eigenvalue weighted by Gasteiger charge is -2.25. The van der Waals surface area contributed by atoms with Crippen LogP contribution in [0.1, 0.15) is 25.6 Å². The molecule has 2 aromatic rings. The Hall–Kier alpha value is -1.61. The van der Waals surface area contributed by atoms with Crippen LogP contribution in [0.3, 0.4) is 0 Å². The molecule has 0 aromatic carbocycles. The van der Waals surface area contributed by atoms with Crippen molar-refractivity contribution in [1.82, 2.24) is 30.4 Å². The molecule has 2 N–H and O–H groups in total. The van der Waals surface area contributed by atoms with Gasteiger partial charge in [-0.05, 0) is 19.8 Å². The van der Waals surface area contributed by atoms with Gasteiger partial charge in [-0.3, -0.25) is 4.99 Å². The van der Waals surface area contributed by atoms with Crippen molar-refractivity contribution in [2.75, 3.05) is 18.8 Å². The highest BCUT2D eigenvalue weighted by Gasteiger charge is 2.20. The quantitative estimate of drug-likeness (QED) is 0.337. The maximum atomic E-state index is 4.69. The fourth-order valence-corrected chi connectivity index (χ4v) is 4.20. The van der Waals surface area contributed by atoms with E-state index >= 15 is 0 Å². The van der Waals surface area contributed by atoms with Crippen LogP contribution in [0, 0.1) is 0 Å². The van der Waals surface area contributed by atoms with Crippen molar-refractivity contribution >= 4 is 29.1 Å². The van der Waals surface area contributed by atoms with Crippen LogP contribution in [0.25, 0.3) is 0 Å². The first-order valence-corrected chi connectivity index (χ1v) is 10.2. The third kappa shape index (κ3) is 4.94. The average molecular weight is 366 g/mol. The molecule has 0 fully saturated rings. The Morgan fingerprint density at radius 1 is 1.50 bits per heavy atom. The topological polar surface area (TPSA) is 80.0 Å². The first-order valence-electron chi connectivity index (χ1n) is 8.29. The molecule has 0 aliphatic carbocycles. The molecule has 0 saturated carbocycles. The Morgan fingerprint density at radius 2 is 2.46 bits per heavy atom. The van der Waals surface area contributed by atoms with Gasteiger partial charge in [0.25, 0.3) is 0 Å². The van der Waals surface area contributed by atoms with Gasteiger partial charge in [0.05, 0.1) is 6.54 Å². The molecule has 0 amide bonds. The van der Waals surface area contributed by atoms with Crippen LogP contribution in [0.4, 0.5) is 0 Å². The summed E-state index contributed by atoms with van der Waals surface area (Å²) in [5.74, 6) is 3.02. The van der Waals surface area contributed by atoms with E-state index in [0.29, 0.717) is 6.04 Å². The zero-order valence-electron chi connectivity index (χ0n) is 13.8. The fraction of sp³-hybridized carbons (Fsp3) is 0.600. The van der Waals surface area contributed by atoms with E-state index in [1.165, 1.54) is 0 Å². The second-order valence-corrected chi connectivity index (χ2v) is 7.74. The lowest BCUT2D eigenvalue weighted by Crippen LogP contribution is -2.47. The van der Waals surface area contributed by atoms with Crippen LogP contribution >= 0.6 is 23.1 Å². The highest BCUT2D eigenvalue weighted by Crippen LogP contribution is 2.20. The normalized spacial score (nSPS) is 17.5. The van der Waals surface area contributed by atoms with Gasteiger partial charge in [-0.1, -0.05) is 11.8 Å². The molecule has 1 unspecified atom stereocenters. The number of aliphatic imine (C=N–C) groups is 1. The van der Waals surface area contributed by atoms with Gasteiger partial charge < -0.3 is 10.6 Å². The second kappa shape index (κ2) is 9.03. The van der Waals surface area contributed by atoms with Crippen LogP contribution in [-0.2, 0) is 13.0 Å². The molecule has 1 aliphatic heterocycles. The van der Waals surface area contributed by atoms with Crippen LogP contribution in [0.2, 0.25) is 0 Å². The van der Waals surface area contributed by atoms with E-state index < -0.39 is 0 Å². The van der Waals surface area contributed by atoms with Crippen molar-refractivity contribution in [2.24, 2.45) is 4.99 Å². The minimum atomic E-state index is 0.349. The molecule has 2 aromatic heterocycles. The Balaban J connectivity index is 1.43. The lowest BCUT2D eigenvalue weighted by molar-refractivity contribution is 0.393. The second-order valence-electron chi connectivity index (χ2n) is 5.50. The van der Waals surface area contributed by atoms with Crippen molar-refractivity contribution in [2.45, 2.75) is 43.1 Å². The summed E-state index contributed by atoms with van der Waals surface area (Å²) in [6.45, 7) is 4.61. The summed E-state index contributed by atoms with van der Waals surface area (Å²) in [5, 5.41) is 13.1. The number of rotatable bonds is 7. The van der Waals surface area contributed by atoms with E-state index in [-0.39, 0.29) is 0 Å². The third-order valence-corrected chi connectivity index (χ3v) is 5.75. The van der Waals surface area contributed by atoms with Gasteiger partial charge in [-0.25, -0.2) is 14.6 Å². The summed E-state index contributed by atoms with van der Waals surface area (Å²) in [5.41, 5.74) is 0. The summed E-state index contributed by atoms with van der Waals surface area (Å²) in [7, 11) is 0. The molecule has 0 spiro atoms. The third-order valence-electron chi connectivity index (χ3n) is 3.70. The zero-order valence-corrected chi connectivity index (χ0v) is 15.4. The molecule has 1 atom stereocenters. The molecule has 130 valence electrons. The molecule has 7 nitrogen and oxygen atoms in total. The number of aryl methyl sites for hydroxylation is 1. The fourth-order valence-electron chi connectivity index (χ4n) is 2.57. The first kappa shape index (κ1) is 17.2. The van der Waals surface area contributed by atoms with Crippen molar-refractivity contribution in [3.8, 4) is 0 Å². The van der Waals surface area contributed by atoms with Gasteiger partial charge in [0.2, 0.25) is 0 Å². The predicted molar refractivity (Wildman–Crippen MR) is 98.7 cm³/mol. The molecule has 0 bridgehead atoms. The molecule has 9 heteroatoms. The van der Waals surface area contributed by atoms with E-state index in [0.717, 1.165) is 60.8 Å². The standard InChI is InChI=1S/C15H23N7S2/c1-2-16-14(17-6-3-8-23-15-18-7-9-24-15)21-12-4-5-13-19-11-20-22(13)10-12/h7,9,11-12H,2-6,8,10H2,1H3,(H2,16,17,21). The summed E-state index contributed by atoms with van der Waals surface area (Å²) < 4.78 is 3.12. The molecule has 3 rings (SSSR count). The van der Waals surface area contributed by atoms with Gasteiger partial charge >= 0.3 is 0 Å². The lowest BCUT2D eigenvalue weighted by atomic mass is 10.1. The number of fused-ring (bicyclic) bond motifs is 1. The van der Waals surface area contributed by atoms with Gasteiger partial charge in [0.1, 0.15) is 16.5 Å². The molecule has 1 aliphatic rings. The van der Waals surface area contributed by atoms with E-state index in [9.17, 15) is 0 Å². The molecule has 0 saturated heterocycles. The number of nitrogens with zero attached hydrogens (tertiary/aromatic N) is 5. The monoisotopic (exact) mass is 365 g/mol. The Labute approximate surface area is 150 Å². The van der Waals surface area contributed by atoms with Gasteiger partial charge in [0.15, 0.2) is 5.96 Å². The Kier molecular flexibility index (Phi) is 6.48. The van der Waals surface area contributed by atoms with Crippen molar-refractivity contribution < 1.29 is 0 Å². The number of guanidine groups is 1. The summed E-state index contributed by atoms with van der Waals surface area (Å²) in [4.78, 5) is 13.2. The SMILES string of the molecule is CCNC(=NCCCSc1nccs1)NC1CCc2ncnn2C1. The highest BCUT2D eigenvalue weighted by atomic mass is 32.2. The Bertz CT molecular complexity index is 638. The maximum absolute atomic E-state index is 4.69. The number of thiazole rings is 1. The molecule has 24 heavy (non-hydrogen) atoms. The number of hydrogen-bond donors (Lipinski definition) is 2. The van der Waals surface area contributed by atoms with E-state index in [2.05, 4.69) is 37.6 Å². The zero-order chi connectivity index (χ0) is 16.6. The number of thioether (sulfide) groups is 1. The minimum absolute atomic E-state index is 0.349. The molecular weight excluding hydrogens is 342 g/mol. The largest absolute Gasteiger partial charge is 0.357 e. The van der Waals surface area contributed by atoms with Gasteiger partial charge in [0, 0.05) is 42.9 Å². The van der Waals surface area contributed by atoms with Crippen molar-refractivity contribution in [3.63, 3.8) is 0 Å². The number of hydrogen-bond acceptors (Lipinski definition) is 6. The number of aromatic nitrogens is 4. The summed E-state index contributed by atoms with van der Waals surface area (Å²) in [6, 6.07) is 0.349. The van der Waals surface area contributed by atoms with E-state index in [4.69, 9.17) is 0 Å². The molecular formula is C15H23N7S2. The predicted octanol–water partition coefficient (Wildman–Crippen LogP) is 1.79. The summed E-state index contributed by atoms with van der Waals surface area (Å²) >= 11 is 3.49. The van der Waals surface area contributed by atoms with E-state index in [1.54, 1.807) is 29.4 Å². The van der Waals surface area contributed by atoms with Crippen LogP contribution < -0.4 is 10.6 Å².